The maximum absolute atomic E-state index is 9.29. The number of nitrogens with one attached hydrogen (secondary N) is 1. The van der Waals surface area contributed by atoms with E-state index in [1.54, 1.807) is 24.3 Å². The molecule has 0 aliphatic carbocycles. The number of rotatable bonds is 5. The maximum Gasteiger partial charge on any atom is 0.169 e. The lowest BCUT2D eigenvalue weighted by Crippen LogP contribution is -2.29. The number of hydrogen-bond donors (Lipinski definition) is 5. The van der Waals surface area contributed by atoms with E-state index in [2.05, 4.69) is 10.1 Å². The molecule has 0 saturated carbocycles. The van der Waals surface area contributed by atoms with Crippen molar-refractivity contribution < 1.29 is 15.3 Å². The Kier molecular flexibility index (Phi) is 4.76. The molecular weight excluding hydrogens is 274 g/mol. The molecule has 1 atom stereocenters. The predicted octanol–water partition coefficient (Wildman–Crippen LogP) is -0.658. The smallest absolute Gasteiger partial charge is 0.169 e. The van der Waals surface area contributed by atoms with Crippen molar-refractivity contribution in [3.63, 3.8) is 0 Å². The average molecular weight is 291 g/mol. The highest BCUT2D eigenvalue weighted by atomic mass is 16.3. The number of nitrogens with two attached hydrogens (primary N) is 1. The molecule has 1 unspecified atom stereocenters. The topological polar surface area (TPSA) is 139 Å². The monoisotopic (exact) mass is 291 g/mol. The SMILES string of the molecule is N=C1C(=Nc2ccc(C(N)O)cc2)C(CO)=NN1CCO. The van der Waals surface area contributed by atoms with Crippen LogP contribution in [0.4, 0.5) is 5.69 Å². The fourth-order valence-electron chi connectivity index (χ4n) is 1.86. The number of aliphatic imine (C=N–C) groups is 1. The van der Waals surface area contributed by atoms with Crippen LogP contribution in [0.3, 0.4) is 0 Å². The van der Waals surface area contributed by atoms with Crippen molar-refractivity contribution in [1.29, 1.82) is 5.41 Å². The normalized spacial score (nSPS) is 18.3. The zero-order valence-electron chi connectivity index (χ0n) is 11.3. The van der Waals surface area contributed by atoms with Crippen LogP contribution < -0.4 is 5.73 Å². The summed E-state index contributed by atoms with van der Waals surface area (Å²) in [5.41, 5.74) is 6.98. The summed E-state index contributed by atoms with van der Waals surface area (Å²) >= 11 is 0. The van der Waals surface area contributed by atoms with Crippen LogP contribution in [0.5, 0.6) is 0 Å². The molecule has 0 saturated heterocycles. The highest BCUT2D eigenvalue weighted by Gasteiger charge is 2.27. The summed E-state index contributed by atoms with van der Waals surface area (Å²) in [5.74, 6) is 0.0241. The molecule has 1 aliphatic heterocycles. The molecule has 1 aromatic carbocycles. The van der Waals surface area contributed by atoms with E-state index in [4.69, 9.17) is 16.2 Å². The third-order valence-corrected chi connectivity index (χ3v) is 2.93. The van der Waals surface area contributed by atoms with Crippen molar-refractivity contribution in [1.82, 2.24) is 5.01 Å². The van der Waals surface area contributed by atoms with Crippen LogP contribution in [0, 0.1) is 5.41 Å². The molecule has 8 nitrogen and oxygen atoms in total. The summed E-state index contributed by atoms with van der Waals surface area (Å²) in [6.45, 7) is -0.330. The summed E-state index contributed by atoms with van der Waals surface area (Å²) in [6.07, 6.45) is -1.05. The Morgan fingerprint density at radius 2 is 1.95 bits per heavy atom. The van der Waals surface area contributed by atoms with Crippen LogP contribution in [0.1, 0.15) is 11.8 Å². The molecule has 21 heavy (non-hydrogen) atoms. The van der Waals surface area contributed by atoms with Crippen molar-refractivity contribution >= 4 is 22.9 Å². The number of β-amino-alcohol motifs (C(OH)–C–C–N with tert-alkyl or cyclic N) is 1. The summed E-state index contributed by atoms with van der Waals surface area (Å²) in [6, 6.07) is 6.55. The van der Waals surface area contributed by atoms with Gasteiger partial charge in [-0.15, -0.1) is 0 Å². The molecule has 1 aliphatic rings. The van der Waals surface area contributed by atoms with Crippen molar-refractivity contribution in [3.8, 4) is 0 Å². The van der Waals surface area contributed by atoms with Gasteiger partial charge in [-0.3, -0.25) is 5.41 Å². The largest absolute Gasteiger partial charge is 0.394 e. The molecule has 0 aromatic heterocycles. The molecule has 0 fully saturated rings. The first kappa shape index (κ1) is 15.3. The Morgan fingerprint density at radius 3 is 2.48 bits per heavy atom. The van der Waals surface area contributed by atoms with E-state index < -0.39 is 6.23 Å². The van der Waals surface area contributed by atoms with Gasteiger partial charge in [-0.05, 0) is 17.7 Å². The van der Waals surface area contributed by atoms with E-state index in [0.717, 1.165) is 0 Å². The minimum absolute atomic E-state index is 0.0241. The Hall–Kier alpha value is -2.13. The van der Waals surface area contributed by atoms with Gasteiger partial charge in [0, 0.05) is 0 Å². The number of benzene rings is 1. The van der Waals surface area contributed by atoms with E-state index in [9.17, 15) is 10.2 Å². The van der Waals surface area contributed by atoms with Crippen molar-refractivity contribution in [2.24, 2.45) is 15.8 Å². The third kappa shape index (κ3) is 3.31. The Bertz CT molecular complexity index is 580. The van der Waals surface area contributed by atoms with Gasteiger partial charge in [0.2, 0.25) is 0 Å². The summed E-state index contributed by atoms with van der Waals surface area (Å²) < 4.78 is 0. The minimum Gasteiger partial charge on any atom is -0.394 e. The molecule has 8 heteroatoms. The first-order valence-corrected chi connectivity index (χ1v) is 6.35. The van der Waals surface area contributed by atoms with E-state index in [1.807, 2.05) is 0 Å². The molecule has 0 amide bonds. The molecule has 1 heterocycles. The number of hydrazone groups is 1. The highest BCUT2D eigenvalue weighted by molar-refractivity contribution is 6.70. The van der Waals surface area contributed by atoms with Crippen LogP contribution in [0.15, 0.2) is 34.4 Å². The zero-order chi connectivity index (χ0) is 15.4. The van der Waals surface area contributed by atoms with Gasteiger partial charge in [0.1, 0.15) is 17.7 Å². The standard InChI is InChI=1S/C13H17N5O3/c14-12-11(10(7-20)17-18(12)5-6-19)16-9-3-1-8(2-4-9)13(15)21/h1-4,13-14,19-21H,5-7,15H2. The van der Waals surface area contributed by atoms with Gasteiger partial charge >= 0.3 is 0 Å². The van der Waals surface area contributed by atoms with Gasteiger partial charge in [0.15, 0.2) is 5.84 Å². The van der Waals surface area contributed by atoms with Crippen molar-refractivity contribution in [2.45, 2.75) is 6.23 Å². The molecule has 0 spiro atoms. The molecule has 6 N–H and O–H groups in total. The van der Waals surface area contributed by atoms with E-state index in [0.29, 0.717) is 11.3 Å². The van der Waals surface area contributed by atoms with Gasteiger partial charge in [0.05, 0.1) is 25.4 Å². The van der Waals surface area contributed by atoms with Gasteiger partial charge in [-0.25, -0.2) is 10.0 Å². The van der Waals surface area contributed by atoms with Gasteiger partial charge in [-0.2, -0.15) is 5.10 Å². The van der Waals surface area contributed by atoms with Gasteiger partial charge in [-0.1, -0.05) is 12.1 Å². The summed E-state index contributed by atoms with van der Waals surface area (Å²) in [7, 11) is 0. The summed E-state index contributed by atoms with van der Waals surface area (Å²) in [4.78, 5) is 4.28. The van der Waals surface area contributed by atoms with Crippen molar-refractivity contribution in [3.05, 3.63) is 29.8 Å². The van der Waals surface area contributed by atoms with Crippen LogP contribution in [-0.4, -0.2) is 57.3 Å². The lowest BCUT2D eigenvalue weighted by molar-refractivity contribution is 0.186. The fraction of sp³-hybridized carbons (Fsp3) is 0.308. The Labute approximate surface area is 121 Å². The van der Waals surface area contributed by atoms with Crippen molar-refractivity contribution in [2.75, 3.05) is 19.8 Å². The lowest BCUT2D eigenvalue weighted by atomic mass is 10.2. The second-order valence-electron chi connectivity index (χ2n) is 4.40. The molecule has 2 rings (SSSR count). The first-order chi connectivity index (χ1) is 10.1. The Morgan fingerprint density at radius 1 is 1.29 bits per heavy atom. The third-order valence-electron chi connectivity index (χ3n) is 2.93. The molecule has 1 aromatic rings. The summed E-state index contributed by atoms with van der Waals surface area (Å²) in [5, 5.41) is 40.7. The first-order valence-electron chi connectivity index (χ1n) is 6.35. The number of aliphatic hydroxyl groups is 3. The minimum atomic E-state index is -1.05. The highest BCUT2D eigenvalue weighted by Crippen LogP contribution is 2.18. The van der Waals surface area contributed by atoms with Crippen LogP contribution in [0.25, 0.3) is 0 Å². The van der Waals surface area contributed by atoms with E-state index >= 15 is 0 Å². The lowest BCUT2D eigenvalue weighted by Gasteiger charge is -2.11. The second-order valence-corrected chi connectivity index (χ2v) is 4.40. The van der Waals surface area contributed by atoms with Crippen LogP contribution >= 0.6 is 0 Å². The number of aliphatic hydroxyl groups excluding tert-OH is 3. The van der Waals surface area contributed by atoms with E-state index in [1.165, 1.54) is 5.01 Å². The molecular formula is C13H17N5O3. The average Bonchev–Trinajstić information content (AvgIpc) is 2.77. The number of amidine groups is 1. The van der Waals surface area contributed by atoms with Crippen LogP contribution in [0.2, 0.25) is 0 Å². The molecule has 0 radical (unpaired) electrons. The van der Waals surface area contributed by atoms with Crippen LogP contribution in [-0.2, 0) is 0 Å². The Balaban J connectivity index is 2.27. The number of hydrogen-bond acceptors (Lipinski definition) is 7. The van der Waals surface area contributed by atoms with Gasteiger partial charge in [0.25, 0.3) is 0 Å². The van der Waals surface area contributed by atoms with E-state index in [-0.39, 0.29) is 37.0 Å². The zero-order valence-corrected chi connectivity index (χ0v) is 11.3. The fourth-order valence-corrected chi connectivity index (χ4v) is 1.86. The maximum atomic E-state index is 9.29. The predicted molar refractivity (Wildman–Crippen MR) is 78.7 cm³/mol. The molecule has 0 bridgehead atoms. The quantitative estimate of drug-likeness (QED) is 0.458. The second kappa shape index (κ2) is 6.55. The van der Waals surface area contributed by atoms with Gasteiger partial charge < -0.3 is 21.1 Å². The number of nitrogens with zero attached hydrogens (tertiary/aromatic N) is 3. The molecule has 112 valence electrons.